The maximum Gasteiger partial charge on any atom is 0.186 e. The lowest BCUT2D eigenvalue weighted by atomic mass is 10.1. The van der Waals surface area contributed by atoms with E-state index in [1.807, 2.05) is 84.9 Å². The highest BCUT2D eigenvalue weighted by atomic mass is 127. The van der Waals surface area contributed by atoms with Crippen LogP contribution in [0.3, 0.4) is 0 Å². The Hall–Kier alpha value is -2.40. The minimum absolute atomic E-state index is 0.00871. The summed E-state index contributed by atoms with van der Waals surface area (Å²) in [7, 11) is 0. The van der Waals surface area contributed by atoms with Crippen LogP contribution in [0.15, 0.2) is 84.9 Å². The fourth-order valence-corrected chi connectivity index (χ4v) is 2.99. The second kappa shape index (κ2) is 8.62. The molecule has 0 aliphatic heterocycles. The van der Waals surface area contributed by atoms with Gasteiger partial charge in [0.25, 0.3) is 0 Å². The maximum absolute atomic E-state index is 12.2. The molecular weight excluding hydrogens is 423 g/mol. The quantitative estimate of drug-likeness (QED) is 0.277. The first-order valence-electron chi connectivity index (χ1n) is 7.96. The zero-order valence-electron chi connectivity index (χ0n) is 13.6. The van der Waals surface area contributed by atoms with Crippen LogP contribution in [0.1, 0.15) is 21.5 Å². The second-order valence-electron chi connectivity index (χ2n) is 5.52. The van der Waals surface area contributed by atoms with Gasteiger partial charge in [0.1, 0.15) is 12.4 Å². The monoisotopic (exact) mass is 440 g/mol. The third-order valence-corrected chi connectivity index (χ3v) is 4.64. The van der Waals surface area contributed by atoms with Crippen LogP contribution in [0, 0.1) is 3.57 Å². The first-order valence-corrected chi connectivity index (χ1v) is 9.04. The molecule has 0 aliphatic rings. The summed E-state index contributed by atoms with van der Waals surface area (Å²) in [5, 5.41) is 0. The number of carbonyl (C=O) groups is 1. The van der Waals surface area contributed by atoms with Crippen LogP contribution < -0.4 is 4.74 Å². The predicted molar refractivity (Wildman–Crippen MR) is 110 cm³/mol. The van der Waals surface area contributed by atoms with Gasteiger partial charge in [0.15, 0.2) is 5.78 Å². The lowest BCUT2D eigenvalue weighted by molar-refractivity contribution is 0.104. The van der Waals surface area contributed by atoms with Crippen molar-refractivity contribution >= 4 is 34.5 Å². The minimum atomic E-state index is 0.00871. The number of allylic oxidation sites excluding steroid dienone is 1. The van der Waals surface area contributed by atoms with Gasteiger partial charge in [-0.25, -0.2) is 0 Å². The molecule has 25 heavy (non-hydrogen) atoms. The smallest absolute Gasteiger partial charge is 0.186 e. The molecule has 0 radical (unpaired) electrons. The molecule has 0 aliphatic carbocycles. The molecule has 124 valence electrons. The van der Waals surface area contributed by atoms with Crippen LogP contribution >= 0.6 is 22.6 Å². The molecule has 0 bridgehead atoms. The van der Waals surface area contributed by atoms with Crippen molar-refractivity contribution in [1.29, 1.82) is 0 Å². The van der Waals surface area contributed by atoms with Crippen LogP contribution in [-0.2, 0) is 6.61 Å². The van der Waals surface area contributed by atoms with Gasteiger partial charge in [-0.05, 0) is 64.1 Å². The van der Waals surface area contributed by atoms with E-state index in [0.717, 1.165) is 26.0 Å². The Labute approximate surface area is 161 Å². The molecule has 0 N–H and O–H groups in total. The van der Waals surface area contributed by atoms with Gasteiger partial charge in [0, 0.05) is 9.13 Å². The summed E-state index contributed by atoms with van der Waals surface area (Å²) in [5.74, 6) is 0.819. The normalized spacial score (nSPS) is 10.8. The van der Waals surface area contributed by atoms with E-state index >= 15 is 0 Å². The molecule has 0 unspecified atom stereocenters. The third-order valence-electron chi connectivity index (χ3n) is 3.69. The van der Waals surface area contributed by atoms with E-state index in [1.165, 1.54) is 0 Å². The molecule has 0 heterocycles. The molecule has 0 saturated carbocycles. The largest absolute Gasteiger partial charge is 0.489 e. The van der Waals surface area contributed by atoms with Crippen molar-refractivity contribution in [3.8, 4) is 5.75 Å². The first kappa shape index (κ1) is 17.4. The Morgan fingerprint density at radius 3 is 2.28 bits per heavy atom. The van der Waals surface area contributed by atoms with E-state index in [0.29, 0.717) is 6.61 Å². The molecule has 3 aromatic carbocycles. The van der Waals surface area contributed by atoms with Crippen molar-refractivity contribution in [2.24, 2.45) is 0 Å². The van der Waals surface area contributed by atoms with Gasteiger partial charge in [-0.15, -0.1) is 0 Å². The molecule has 0 atom stereocenters. The van der Waals surface area contributed by atoms with E-state index in [2.05, 4.69) is 22.6 Å². The summed E-state index contributed by atoms with van der Waals surface area (Å²) in [5.41, 5.74) is 2.82. The van der Waals surface area contributed by atoms with Crippen molar-refractivity contribution in [2.45, 2.75) is 6.61 Å². The average molecular weight is 440 g/mol. The second-order valence-corrected chi connectivity index (χ2v) is 6.68. The summed E-state index contributed by atoms with van der Waals surface area (Å²) in [6.07, 6.45) is 3.43. The Bertz CT molecular complexity index is 868. The molecule has 2 nitrogen and oxygen atoms in total. The lowest BCUT2D eigenvalue weighted by Gasteiger charge is -2.06. The summed E-state index contributed by atoms with van der Waals surface area (Å²) >= 11 is 2.18. The highest BCUT2D eigenvalue weighted by Gasteiger charge is 2.05. The molecule has 0 fully saturated rings. The fourth-order valence-electron chi connectivity index (χ4n) is 2.34. The van der Waals surface area contributed by atoms with Crippen molar-refractivity contribution < 1.29 is 9.53 Å². The zero-order chi connectivity index (χ0) is 17.5. The van der Waals surface area contributed by atoms with Crippen LogP contribution in [0.5, 0.6) is 5.75 Å². The Kier molecular flexibility index (Phi) is 6.01. The standard InChI is InChI=1S/C22H17IO2/c23-21-9-5-4-8-20(21)22(24)15-12-17-10-13-19(14-11-17)25-16-18-6-2-1-3-7-18/h1-15H,16H2. The van der Waals surface area contributed by atoms with E-state index in [4.69, 9.17) is 4.74 Å². The Morgan fingerprint density at radius 1 is 0.880 bits per heavy atom. The van der Waals surface area contributed by atoms with E-state index < -0.39 is 0 Å². The van der Waals surface area contributed by atoms with Gasteiger partial charge in [-0.3, -0.25) is 4.79 Å². The van der Waals surface area contributed by atoms with Crippen molar-refractivity contribution in [3.05, 3.63) is 105 Å². The topological polar surface area (TPSA) is 26.3 Å². The van der Waals surface area contributed by atoms with Crippen LogP contribution in [-0.4, -0.2) is 5.78 Å². The molecule has 0 aromatic heterocycles. The predicted octanol–water partition coefficient (Wildman–Crippen LogP) is 5.77. The Balaban J connectivity index is 1.60. The SMILES string of the molecule is O=C(C=Cc1ccc(OCc2ccccc2)cc1)c1ccccc1I. The average Bonchev–Trinajstić information content (AvgIpc) is 2.66. The molecule has 3 heteroatoms. The molecule has 3 aromatic rings. The fraction of sp³-hybridized carbons (Fsp3) is 0.0455. The zero-order valence-corrected chi connectivity index (χ0v) is 15.7. The number of benzene rings is 3. The molecule has 0 spiro atoms. The summed E-state index contributed by atoms with van der Waals surface area (Å²) in [6, 6.07) is 25.4. The van der Waals surface area contributed by atoms with Crippen LogP contribution in [0.4, 0.5) is 0 Å². The summed E-state index contributed by atoms with van der Waals surface area (Å²) < 4.78 is 6.72. The van der Waals surface area contributed by atoms with E-state index in [-0.39, 0.29) is 5.78 Å². The number of ether oxygens (including phenoxy) is 1. The molecule has 3 rings (SSSR count). The van der Waals surface area contributed by atoms with Crippen LogP contribution in [0.25, 0.3) is 6.08 Å². The number of rotatable bonds is 6. The number of carbonyl (C=O) groups excluding carboxylic acids is 1. The number of hydrogen-bond acceptors (Lipinski definition) is 2. The maximum atomic E-state index is 12.2. The van der Waals surface area contributed by atoms with E-state index in [9.17, 15) is 4.79 Å². The Morgan fingerprint density at radius 2 is 1.56 bits per heavy atom. The number of halogens is 1. The number of hydrogen-bond donors (Lipinski definition) is 0. The van der Waals surface area contributed by atoms with Gasteiger partial charge >= 0.3 is 0 Å². The van der Waals surface area contributed by atoms with Gasteiger partial charge in [-0.2, -0.15) is 0 Å². The van der Waals surface area contributed by atoms with Crippen molar-refractivity contribution in [1.82, 2.24) is 0 Å². The van der Waals surface area contributed by atoms with Gasteiger partial charge in [-0.1, -0.05) is 60.7 Å². The van der Waals surface area contributed by atoms with Gasteiger partial charge in [0.2, 0.25) is 0 Å². The highest BCUT2D eigenvalue weighted by Crippen LogP contribution is 2.16. The lowest BCUT2D eigenvalue weighted by Crippen LogP contribution is -1.97. The van der Waals surface area contributed by atoms with E-state index in [1.54, 1.807) is 6.08 Å². The minimum Gasteiger partial charge on any atom is -0.489 e. The molecule has 0 saturated heterocycles. The van der Waals surface area contributed by atoms with Gasteiger partial charge in [0.05, 0.1) is 0 Å². The summed E-state index contributed by atoms with van der Waals surface area (Å²) in [6.45, 7) is 0.543. The third kappa shape index (κ3) is 5.03. The van der Waals surface area contributed by atoms with Crippen LogP contribution in [0.2, 0.25) is 0 Å². The summed E-state index contributed by atoms with van der Waals surface area (Å²) in [4.78, 5) is 12.2. The van der Waals surface area contributed by atoms with Crippen molar-refractivity contribution in [3.63, 3.8) is 0 Å². The van der Waals surface area contributed by atoms with Crippen molar-refractivity contribution in [2.75, 3.05) is 0 Å². The first-order chi connectivity index (χ1) is 12.2. The number of ketones is 1. The highest BCUT2D eigenvalue weighted by molar-refractivity contribution is 14.1. The molecule has 0 amide bonds. The van der Waals surface area contributed by atoms with Gasteiger partial charge < -0.3 is 4.74 Å². The molecular formula is C22H17IO2.